The molecule has 1 aliphatic rings. The molecular weight excluding hydrogens is 258 g/mol. The largest absolute Gasteiger partial charge is 0.493 e. The molecule has 5 heteroatoms. The maximum Gasteiger partial charge on any atom is 0.340 e. The van der Waals surface area contributed by atoms with Gasteiger partial charge in [-0.1, -0.05) is 6.42 Å². The summed E-state index contributed by atoms with van der Waals surface area (Å²) in [4.78, 5) is 12.2. The molecular formula is C15H21NO4. The average Bonchev–Trinajstić information content (AvgIpc) is 2.47. The SMILES string of the molecule is COc1cc(N)c(C(=O)OC2CCCCC2)cc1OC. The number of nitrogens with two attached hydrogens (primary N) is 1. The number of carbonyl (C=O) groups excluding carboxylic acids is 1. The molecule has 1 fully saturated rings. The highest BCUT2D eigenvalue weighted by Crippen LogP contribution is 2.32. The Labute approximate surface area is 119 Å². The molecule has 1 aliphatic carbocycles. The summed E-state index contributed by atoms with van der Waals surface area (Å²) >= 11 is 0. The zero-order valence-electron chi connectivity index (χ0n) is 12.0. The van der Waals surface area contributed by atoms with Crippen LogP contribution in [0, 0.1) is 0 Å². The molecule has 1 saturated carbocycles. The van der Waals surface area contributed by atoms with Crippen LogP contribution in [0.25, 0.3) is 0 Å². The molecule has 0 saturated heterocycles. The second-order valence-electron chi connectivity index (χ2n) is 4.96. The van der Waals surface area contributed by atoms with E-state index in [2.05, 4.69) is 0 Å². The van der Waals surface area contributed by atoms with Crippen LogP contribution in [0.5, 0.6) is 11.5 Å². The molecule has 0 spiro atoms. The number of anilines is 1. The third kappa shape index (κ3) is 3.15. The van der Waals surface area contributed by atoms with Crippen molar-refractivity contribution in [2.45, 2.75) is 38.2 Å². The average molecular weight is 279 g/mol. The van der Waals surface area contributed by atoms with Crippen LogP contribution in [-0.4, -0.2) is 26.3 Å². The first-order chi connectivity index (χ1) is 9.65. The lowest BCUT2D eigenvalue weighted by Crippen LogP contribution is -2.21. The van der Waals surface area contributed by atoms with E-state index in [4.69, 9.17) is 19.9 Å². The molecule has 0 bridgehead atoms. The lowest BCUT2D eigenvalue weighted by molar-refractivity contribution is 0.0212. The van der Waals surface area contributed by atoms with Gasteiger partial charge >= 0.3 is 5.97 Å². The van der Waals surface area contributed by atoms with Gasteiger partial charge in [-0.25, -0.2) is 4.79 Å². The van der Waals surface area contributed by atoms with Crippen molar-refractivity contribution >= 4 is 11.7 Å². The van der Waals surface area contributed by atoms with Gasteiger partial charge in [0.2, 0.25) is 0 Å². The Morgan fingerprint density at radius 1 is 1.10 bits per heavy atom. The molecule has 0 radical (unpaired) electrons. The second kappa shape index (κ2) is 6.50. The number of methoxy groups -OCH3 is 2. The van der Waals surface area contributed by atoms with Gasteiger partial charge in [0.25, 0.3) is 0 Å². The van der Waals surface area contributed by atoms with Crippen LogP contribution in [0.4, 0.5) is 5.69 Å². The van der Waals surface area contributed by atoms with Crippen molar-refractivity contribution in [2.24, 2.45) is 0 Å². The molecule has 1 aromatic carbocycles. The van der Waals surface area contributed by atoms with Crippen molar-refractivity contribution < 1.29 is 19.0 Å². The first-order valence-corrected chi connectivity index (χ1v) is 6.88. The zero-order valence-corrected chi connectivity index (χ0v) is 12.0. The van der Waals surface area contributed by atoms with Gasteiger partial charge in [0.05, 0.1) is 25.5 Å². The summed E-state index contributed by atoms with van der Waals surface area (Å²) in [7, 11) is 3.04. The summed E-state index contributed by atoms with van der Waals surface area (Å²) in [5.74, 6) is 0.576. The molecule has 110 valence electrons. The molecule has 2 rings (SSSR count). The zero-order chi connectivity index (χ0) is 14.5. The minimum atomic E-state index is -0.393. The maximum absolute atomic E-state index is 12.2. The fourth-order valence-electron chi connectivity index (χ4n) is 2.47. The van der Waals surface area contributed by atoms with Gasteiger partial charge in [-0.05, 0) is 25.7 Å². The van der Waals surface area contributed by atoms with Crippen molar-refractivity contribution in [3.8, 4) is 11.5 Å². The van der Waals surface area contributed by atoms with Crippen LogP contribution >= 0.6 is 0 Å². The van der Waals surface area contributed by atoms with E-state index in [9.17, 15) is 4.79 Å². The lowest BCUT2D eigenvalue weighted by Gasteiger charge is -2.22. The number of nitrogen functional groups attached to an aromatic ring is 1. The molecule has 20 heavy (non-hydrogen) atoms. The number of benzene rings is 1. The standard InChI is InChI=1S/C15H21NO4/c1-18-13-8-11(12(16)9-14(13)19-2)15(17)20-10-6-4-3-5-7-10/h8-10H,3-7,16H2,1-2H3. The van der Waals surface area contributed by atoms with E-state index in [1.54, 1.807) is 12.1 Å². The Balaban J connectivity index is 2.16. The second-order valence-corrected chi connectivity index (χ2v) is 4.96. The topological polar surface area (TPSA) is 70.8 Å². The Bertz CT molecular complexity index is 481. The first kappa shape index (κ1) is 14.5. The molecule has 0 aromatic heterocycles. The van der Waals surface area contributed by atoms with E-state index in [1.165, 1.54) is 20.6 Å². The Morgan fingerprint density at radius 3 is 2.30 bits per heavy atom. The highest BCUT2D eigenvalue weighted by molar-refractivity contribution is 5.96. The maximum atomic E-state index is 12.2. The van der Waals surface area contributed by atoms with Crippen LogP contribution < -0.4 is 15.2 Å². The van der Waals surface area contributed by atoms with Crippen LogP contribution in [0.1, 0.15) is 42.5 Å². The van der Waals surface area contributed by atoms with Gasteiger partial charge < -0.3 is 19.9 Å². The summed E-state index contributed by atoms with van der Waals surface area (Å²) in [6.45, 7) is 0. The van der Waals surface area contributed by atoms with Crippen molar-refractivity contribution in [3.05, 3.63) is 17.7 Å². The third-order valence-electron chi connectivity index (χ3n) is 3.60. The highest BCUT2D eigenvalue weighted by Gasteiger charge is 2.21. The summed E-state index contributed by atoms with van der Waals surface area (Å²) in [5.41, 5.74) is 6.55. The fourth-order valence-corrected chi connectivity index (χ4v) is 2.47. The third-order valence-corrected chi connectivity index (χ3v) is 3.60. The minimum Gasteiger partial charge on any atom is -0.493 e. The van der Waals surface area contributed by atoms with Crippen molar-refractivity contribution in [1.29, 1.82) is 0 Å². The molecule has 0 heterocycles. The predicted molar refractivity (Wildman–Crippen MR) is 76.2 cm³/mol. The molecule has 0 aliphatic heterocycles. The summed E-state index contributed by atoms with van der Waals surface area (Å²) in [6.07, 6.45) is 5.30. The van der Waals surface area contributed by atoms with Gasteiger partial charge in [0.15, 0.2) is 11.5 Å². The van der Waals surface area contributed by atoms with Crippen molar-refractivity contribution in [2.75, 3.05) is 20.0 Å². The number of rotatable bonds is 4. The minimum absolute atomic E-state index is 0.00347. The number of ether oxygens (including phenoxy) is 3. The van der Waals surface area contributed by atoms with E-state index in [-0.39, 0.29) is 6.10 Å². The molecule has 2 N–H and O–H groups in total. The number of hydrogen-bond acceptors (Lipinski definition) is 5. The van der Waals surface area contributed by atoms with Crippen LogP contribution in [-0.2, 0) is 4.74 Å². The van der Waals surface area contributed by atoms with Crippen LogP contribution in [0.15, 0.2) is 12.1 Å². The van der Waals surface area contributed by atoms with E-state index in [1.807, 2.05) is 0 Å². The molecule has 1 aromatic rings. The number of carbonyl (C=O) groups is 1. The van der Waals surface area contributed by atoms with Crippen molar-refractivity contribution in [3.63, 3.8) is 0 Å². The summed E-state index contributed by atoms with van der Waals surface area (Å²) < 4.78 is 15.8. The van der Waals surface area contributed by atoms with Crippen LogP contribution in [0.3, 0.4) is 0 Å². The molecule has 0 amide bonds. The van der Waals surface area contributed by atoms with E-state index in [0.29, 0.717) is 22.7 Å². The smallest absolute Gasteiger partial charge is 0.340 e. The Kier molecular flexibility index (Phi) is 4.71. The monoisotopic (exact) mass is 279 g/mol. The number of hydrogen-bond donors (Lipinski definition) is 1. The Morgan fingerprint density at radius 2 is 1.70 bits per heavy atom. The van der Waals surface area contributed by atoms with Gasteiger partial charge in [-0.3, -0.25) is 0 Å². The first-order valence-electron chi connectivity index (χ1n) is 6.88. The van der Waals surface area contributed by atoms with Gasteiger partial charge in [-0.15, -0.1) is 0 Å². The van der Waals surface area contributed by atoms with Crippen LogP contribution in [0.2, 0.25) is 0 Å². The highest BCUT2D eigenvalue weighted by atomic mass is 16.5. The van der Waals surface area contributed by atoms with Gasteiger partial charge in [-0.2, -0.15) is 0 Å². The van der Waals surface area contributed by atoms with E-state index < -0.39 is 5.97 Å². The molecule has 0 atom stereocenters. The van der Waals surface area contributed by atoms with E-state index >= 15 is 0 Å². The number of esters is 1. The van der Waals surface area contributed by atoms with Gasteiger partial charge in [0, 0.05) is 12.1 Å². The summed E-state index contributed by atoms with van der Waals surface area (Å²) in [5, 5.41) is 0. The van der Waals surface area contributed by atoms with Gasteiger partial charge in [0.1, 0.15) is 6.10 Å². The molecule has 5 nitrogen and oxygen atoms in total. The fraction of sp³-hybridized carbons (Fsp3) is 0.533. The Hall–Kier alpha value is -1.91. The van der Waals surface area contributed by atoms with Crippen molar-refractivity contribution in [1.82, 2.24) is 0 Å². The van der Waals surface area contributed by atoms with E-state index in [0.717, 1.165) is 25.7 Å². The predicted octanol–water partition coefficient (Wildman–Crippen LogP) is 2.78. The quantitative estimate of drug-likeness (QED) is 0.678. The summed E-state index contributed by atoms with van der Waals surface area (Å²) in [6, 6.07) is 3.15. The lowest BCUT2D eigenvalue weighted by atomic mass is 9.98. The molecule has 0 unspecified atom stereocenters. The normalized spacial score (nSPS) is 15.7.